The summed E-state index contributed by atoms with van der Waals surface area (Å²) in [5, 5.41) is 0.212. The zero-order valence-electron chi connectivity index (χ0n) is 8.49. The van der Waals surface area contributed by atoms with E-state index < -0.39 is 24.5 Å². The highest BCUT2D eigenvalue weighted by atomic mass is 79.9. The van der Waals surface area contributed by atoms with Gasteiger partial charge < -0.3 is 5.73 Å². The number of nitrogens with two attached hydrogens (primary N) is 1. The monoisotopic (exact) mass is 333 g/mol. The molecule has 1 atom stereocenters. The van der Waals surface area contributed by atoms with E-state index >= 15 is 0 Å². The van der Waals surface area contributed by atoms with Crippen LogP contribution in [0.3, 0.4) is 0 Å². The van der Waals surface area contributed by atoms with E-state index in [9.17, 15) is 17.6 Å². The molecule has 0 aliphatic carbocycles. The fourth-order valence-electron chi connectivity index (χ4n) is 1.30. The van der Waals surface area contributed by atoms with Gasteiger partial charge in [0.25, 0.3) is 0 Å². The van der Waals surface area contributed by atoms with Crippen LogP contribution in [-0.2, 0) is 0 Å². The zero-order chi connectivity index (χ0) is 13.2. The Bertz CT molecular complexity index is 408. The molecule has 1 nitrogen and oxygen atoms in total. The average Bonchev–Trinajstić information content (AvgIpc) is 2.19. The molecule has 0 bridgehead atoms. The lowest BCUT2D eigenvalue weighted by atomic mass is 10.0. The molecule has 7 heteroatoms. The van der Waals surface area contributed by atoms with Crippen molar-refractivity contribution in [2.45, 2.75) is 25.1 Å². The van der Waals surface area contributed by atoms with Gasteiger partial charge in [-0.3, -0.25) is 0 Å². The molecular weight excluding hydrogens is 325 g/mol. The number of benzene rings is 1. The van der Waals surface area contributed by atoms with Gasteiger partial charge in [0.05, 0.1) is 5.02 Å². The van der Waals surface area contributed by atoms with Crippen molar-refractivity contribution in [2.75, 3.05) is 0 Å². The molecule has 0 fully saturated rings. The van der Waals surface area contributed by atoms with Crippen molar-refractivity contribution in [1.82, 2.24) is 0 Å². The van der Waals surface area contributed by atoms with E-state index in [0.717, 1.165) is 6.07 Å². The minimum atomic E-state index is -4.30. The SMILES string of the molecule is NC(CCC(F)(F)F)c1cc(Cl)c(Br)cc1F. The zero-order valence-corrected chi connectivity index (χ0v) is 10.8. The summed E-state index contributed by atoms with van der Waals surface area (Å²) in [6, 6.07) is 1.30. The summed E-state index contributed by atoms with van der Waals surface area (Å²) >= 11 is 8.74. The van der Waals surface area contributed by atoms with Gasteiger partial charge in [0.15, 0.2) is 0 Å². The molecule has 1 rings (SSSR count). The number of rotatable bonds is 3. The topological polar surface area (TPSA) is 26.0 Å². The molecular formula is C10H9BrClF4N. The van der Waals surface area contributed by atoms with Crippen molar-refractivity contribution in [3.63, 3.8) is 0 Å². The van der Waals surface area contributed by atoms with Crippen LogP contribution in [0.1, 0.15) is 24.4 Å². The van der Waals surface area contributed by atoms with Gasteiger partial charge in [-0.1, -0.05) is 11.6 Å². The third-order valence-corrected chi connectivity index (χ3v) is 3.37. The van der Waals surface area contributed by atoms with Gasteiger partial charge in [-0.05, 0) is 34.5 Å². The van der Waals surface area contributed by atoms with Gasteiger partial charge in [-0.15, -0.1) is 0 Å². The van der Waals surface area contributed by atoms with E-state index in [-0.39, 0.29) is 17.0 Å². The van der Waals surface area contributed by atoms with E-state index in [1.54, 1.807) is 0 Å². The summed E-state index contributed by atoms with van der Waals surface area (Å²) < 4.78 is 49.8. The Morgan fingerprint density at radius 2 is 1.94 bits per heavy atom. The van der Waals surface area contributed by atoms with Crippen LogP contribution in [0.15, 0.2) is 16.6 Å². The first-order valence-electron chi connectivity index (χ1n) is 4.67. The third kappa shape index (κ3) is 4.44. The Morgan fingerprint density at radius 1 is 1.35 bits per heavy atom. The quantitative estimate of drug-likeness (QED) is 0.635. The van der Waals surface area contributed by atoms with Crippen molar-refractivity contribution in [3.8, 4) is 0 Å². The van der Waals surface area contributed by atoms with E-state index in [1.165, 1.54) is 6.07 Å². The molecule has 0 heterocycles. The number of halogens is 6. The highest BCUT2D eigenvalue weighted by Crippen LogP contribution is 2.31. The molecule has 0 aliphatic heterocycles. The lowest BCUT2D eigenvalue weighted by Crippen LogP contribution is -2.17. The first-order chi connectivity index (χ1) is 7.70. The predicted molar refractivity (Wildman–Crippen MR) is 61.3 cm³/mol. The molecule has 1 aromatic rings. The van der Waals surface area contributed by atoms with E-state index in [4.69, 9.17) is 17.3 Å². The second kappa shape index (κ2) is 5.54. The first kappa shape index (κ1) is 14.7. The second-order valence-electron chi connectivity index (χ2n) is 3.55. The molecule has 0 radical (unpaired) electrons. The Morgan fingerprint density at radius 3 is 2.47 bits per heavy atom. The van der Waals surface area contributed by atoms with Gasteiger partial charge in [-0.25, -0.2) is 4.39 Å². The normalized spacial score (nSPS) is 13.8. The average molecular weight is 335 g/mol. The van der Waals surface area contributed by atoms with E-state index in [0.29, 0.717) is 4.47 Å². The van der Waals surface area contributed by atoms with E-state index in [1.807, 2.05) is 0 Å². The number of hydrogen-bond donors (Lipinski definition) is 1. The first-order valence-corrected chi connectivity index (χ1v) is 5.84. The van der Waals surface area contributed by atoms with Crippen LogP contribution >= 0.6 is 27.5 Å². The molecule has 0 saturated heterocycles. The van der Waals surface area contributed by atoms with Crippen LogP contribution in [0.25, 0.3) is 0 Å². The summed E-state index contributed by atoms with van der Waals surface area (Å²) in [6.07, 6.45) is -5.73. The summed E-state index contributed by atoms with van der Waals surface area (Å²) in [6.45, 7) is 0. The minimum Gasteiger partial charge on any atom is -0.324 e. The Hall–Kier alpha value is -0.330. The summed E-state index contributed by atoms with van der Waals surface area (Å²) in [7, 11) is 0. The molecule has 1 unspecified atom stereocenters. The van der Waals surface area contributed by atoms with Crippen molar-refractivity contribution >= 4 is 27.5 Å². The Kier molecular flexibility index (Phi) is 4.80. The fraction of sp³-hybridized carbons (Fsp3) is 0.400. The predicted octanol–water partition coefficient (Wildman–Crippen LogP) is 4.58. The smallest absolute Gasteiger partial charge is 0.324 e. The Labute approximate surface area is 109 Å². The highest BCUT2D eigenvalue weighted by Gasteiger charge is 2.28. The molecule has 0 aromatic heterocycles. The lowest BCUT2D eigenvalue weighted by molar-refractivity contribution is -0.136. The molecule has 1 aromatic carbocycles. The van der Waals surface area contributed by atoms with Crippen LogP contribution in [-0.4, -0.2) is 6.18 Å². The van der Waals surface area contributed by atoms with Crippen LogP contribution in [0, 0.1) is 5.82 Å². The fourth-order valence-corrected chi connectivity index (χ4v) is 1.78. The van der Waals surface area contributed by atoms with Gasteiger partial charge in [0, 0.05) is 22.5 Å². The summed E-state index contributed by atoms with van der Waals surface area (Å²) in [5.74, 6) is -0.670. The van der Waals surface area contributed by atoms with Gasteiger partial charge in [0.2, 0.25) is 0 Å². The second-order valence-corrected chi connectivity index (χ2v) is 4.81. The van der Waals surface area contributed by atoms with Gasteiger partial charge in [0.1, 0.15) is 5.82 Å². The molecule has 17 heavy (non-hydrogen) atoms. The van der Waals surface area contributed by atoms with E-state index in [2.05, 4.69) is 15.9 Å². The van der Waals surface area contributed by atoms with Crippen LogP contribution < -0.4 is 5.73 Å². The summed E-state index contributed by atoms with van der Waals surface area (Å²) in [4.78, 5) is 0. The maximum Gasteiger partial charge on any atom is 0.389 e. The molecule has 0 spiro atoms. The minimum absolute atomic E-state index is 0.0116. The van der Waals surface area contributed by atoms with Crippen LogP contribution in [0.5, 0.6) is 0 Å². The van der Waals surface area contributed by atoms with Crippen molar-refractivity contribution in [1.29, 1.82) is 0 Å². The molecule has 96 valence electrons. The molecule has 0 amide bonds. The number of alkyl halides is 3. The molecule has 2 N–H and O–H groups in total. The van der Waals surface area contributed by atoms with Crippen molar-refractivity contribution in [3.05, 3.63) is 33.0 Å². The number of hydrogen-bond acceptors (Lipinski definition) is 1. The van der Waals surface area contributed by atoms with Crippen LogP contribution in [0.4, 0.5) is 17.6 Å². The van der Waals surface area contributed by atoms with Gasteiger partial charge in [-0.2, -0.15) is 13.2 Å². The molecule has 0 aliphatic rings. The highest BCUT2D eigenvalue weighted by molar-refractivity contribution is 9.10. The third-order valence-electron chi connectivity index (χ3n) is 2.18. The lowest BCUT2D eigenvalue weighted by Gasteiger charge is -2.15. The maximum absolute atomic E-state index is 13.5. The van der Waals surface area contributed by atoms with Gasteiger partial charge >= 0.3 is 6.18 Å². The standard InChI is InChI=1S/C10H9BrClF4N/c11-6-4-8(13)5(3-7(6)12)9(17)1-2-10(14,15)16/h3-4,9H,1-2,17H2. The van der Waals surface area contributed by atoms with Crippen molar-refractivity contribution < 1.29 is 17.6 Å². The summed E-state index contributed by atoms with van der Waals surface area (Å²) in [5.41, 5.74) is 5.50. The molecule has 0 saturated carbocycles. The van der Waals surface area contributed by atoms with Crippen molar-refractivity contribution in [2.24, 2.45) is 5.73 Å². The maximum atomic E-state index is 13.5. The van der Waals surface area contributed by atoms with Crippen LogP contribution in [0.2, 0.25) is 5.02 Å². The largest absolute Gasteiger partial charge is 0.389 e. The Balaban J connectivity index is 2.82.